The minimum absolute atomic E-state index is 0.0338. The van der Waals surface area contributed by atoms with Crippen molar-refractivity contribution in [2.24, 2.45) is 0 Å². The van der Waals surface area contributed by atoms with Gasteiger partial charge >= 0.3 is 0 Å². The van der Waals surface area contributed by atoms with Crippen molar-refractivity contribution in [1.82, 2.24) is 9.97 Å². The Hall–Kier alpha value is -2.00. The van der Waals surface area contributed by atoms with Gasteiger partial charge in [-0.1, -0.05) is 23.9 Å². The Labute approximate surface area is 166 Å². The molecule has 3 aromatic rings. The van der Waals surface area contributed by atoms with E-state index in [1.165, 1.54) is 17.3 Å². The molecule has 2 aromatic heterocycles. The summed E-state index contributed by atoms with van der Waals surface area (Å²) in [7, 11) is 0. The third-order valence-corrected chi connectivity index (χ3v) is 6.28. The summed E-state index contributed by atoms with van der Waals surface area (Å²) in [6.45, 7) is 4.78. The van der Waals surface area contributed by atoms with Gasteiger partial charge in [-0.2, -0.15) is 0 Å². The number of fused-ring (bicyclic) bond motifs is 1. The number of thiophene rings is 1. The van der Waals surface area contributed by atoms with E-state index in [1.54, 1.807) is 22.6 Å². The number of carbonyl (C=O) groups is 1. The van der Waals surface area contributed by atoms with Crippen molar-refractivity contribution in [3.05, 3.63) is 47.6 Å². The summed E-state index contributed by atoms with van der Waals surface area (Å²) in [6.07, 6.45) is 1.55. The van der Waals surface area contributed by atoms with Crippen molar-refractivity contribution in [3.63, 3.8) is 0 Å². The number of anilines is 1. The van der Waals surface area contributed by atoms with Crippen LogP contribution in [-0.4, -0.2) is 47.9 Å². The zero-order valence-corrected chi connectivity index (χ0v) is 16.4. The molecule has 0 saturated carbocycles. The smallest absolute Gasteiger partial charge is 0.234 e. The third-order valence-electron chi connectivity index (χ3n) is 4.46. The number of benzene rings is 1. The van der Waals surface area contributed by atoms with E-state index in [2.05, 4.69) is 27.4 Å². The fourth-order valence-corrected chi connectivity index (χ4v) is 4.62. The van der Waals surface area contributed by atoms with Gasteiger partial charge in [-0.05, 0) is 23.6 Å². The average molecular weight is 402 g/mol. The molecule has 140 valence electrons. The average Bonchev–Trinajstić information content (AvgIpc) is 3.18. The molecular weight excluding hydrogens is 380 g/mol. The lowest BCUT2D eigenvalue weighted by Crippen LogP contribution is -3.12. The van der Waals surface area contributed by atoms with Gasteiger partial charge in [0.2, 0.25) is 5.91 Å². The summed E-state index contributed by atoms with van der Waals surface area (Å²) < 4.78 is 5.40. The fraction of sp³-hybridized carbons (Fsp3) is 0.316. The highest BCUT2D eigenvalue weighted by atomic mass is 32.2. The van der Waals surface area contributed by atoms with Gasteiger partial charge in [-0.25, -0.2) is 9.97 Å². The van der Waals surface area contributed by atoms with Crippen molar-refractivity contribution in [1.29, 1.82) is 0 Å². The molecule has 1 aromatic carbocycles. The summed E-state index contributed by atoms with van der Waals surface area (Å²) in [6, 6.07) is 10.1. The van der Waals surface area contributed by atoms with Gasteiger partial charge in [0.05, 0.1) is 19.0 Å². The maximum Gasteiger partial charge on any atom is 0.234 e. The van der Waals surface area contributed by atoms with E-state index in [0.29, 0.717) is 5.75 Å². The SMILES string of the molecule is O=C(CSc1ncnc2sccc12)Nc1ccc(C[NH+]2CCOCC2)cc1. The molecule has 8 heteroatoms. The van der Waals surface area contributed by atoms with Crippen molar-refractivity contribution < 1.29 is 14.4 Å². The van der Waals surface area contributed by atoms with Gasteiger partial charge in [0.25, 0.3) is 0 Å². The number of hydrogen-bond acceptors (Lipinski definition) is 6. The zero-order chi connectivity index (χ0) is 18.5. The van der Waals surface area contributed by atoms with Gasteiger partial charge in [-0.3, -0.25) is 4.79 Å². The van der Waals surface area contributed by atoms with Crippen LogP contribution < -0.4 is 10.2 Å². The monoisotopic (exact) mass is 401 g/mol. The maximum atomic E-state index is 12.3. The second-order valence-electron chi connectivity index (χ2n) is 6.39. The lowest BCUT2D eigenvalue weighted by molar-refractivity contribution is -0.921. The molecule has 0 atom stereocenters. The fourth-order valence-electron chi connectivity index (χ4n) is 3.04. The predicted molar refractivity (Wildman–Crippen MR) is 108 cm³/mol. The number of nitrogens with zero attached hydrogens (tertiary/aromatic N) is 2. The van der Waals surface area contributed by atoms with Crippen molar-refractivity contribution in [2.45, 2.75) is 11.6 Å². The second kappa shape index (κ2) is 8.79. The number of amides is 1. The van der Waals surface area contributed by atoms with Gasteiger partial charge in [0.15, 0.2) is 0 Å². The summed E-state index contributed by atoms with van der Waals surface area (Å²) >= 11 is 3.01. The summed E-state index contributed by atoms with van der Waals surface area (Å²) in [5.41, 5.74) is 2.10. The van der Waals surface area contributed by atoms with Gasteiger partial charge < -0.3 is 15.0 Å². The van der Waals surface area contributed by atoms with Crippen LogP contribution in [0.25, 0.3) is 10.2 Å². The summed E-state index contributed by atoms with van der Waals surface area (Å²) in [5, 5.41) is 6.80. The van der Waals surface area contributed by atoms with Crippen molar-refractivity contribution in [2.75, 3.05) is 37.4 Å². The Kier molecular flexibility index (Phi) is 5.98. The standard InChI is InChI=1S/C19H20N4O2S2/c24-17(12-27-19-16-5-10-26-18(16)20-13-21-19)22-15-3-1-14(2-4-15)11-23-6-8-25-9-7-23/h1-5,10,13H,6-9,11-12H2,(H,22,24)/p+1. The lowest BCUT2D eigenvalue weighted by atomic mass is 10.2. The maximum absolute atomic E-state index is 12.3. The molecule has 0 unspecified atom stereocenters. The molecule has 27 heavy (non-hydrogen) atoms. The molecule has 0 radical (unpaired) electrons. The Morgan fingerprint density at radius 1 is 1.19 bits per heavy atom. The number of carbonyl (C=O) groups excluding carboxylic acids is 1. The van der Waals surface area contributed by atoms with Gasteiger partial charge in [-0.15, -0.1) is 11.3 Å². The Morgan fingerprint density at radius 2 is 2.00 bits per heavy atom. The van der Waals surface area contributed by atoms with Crippen LogP contribution in [0.2, 0.25) is 0 Å². The predicted octanol–water partition coefficient (Wildman–Crippen LogP) is 1.84. The molecule has 0 spiro atoms. The Bertz CT molecular complexity index is 907. The first-order valence-corrected chi connectivity index (χ1v) is 10.8. The van der Waals surface area contributed by atoms with E-state index in [1.807, 2.05) is 23.6 Å². The molecule has 0 bridgehead atoms. The van der Waals surface area contributed by atoms with Crippen LogP contribution in [0, 0.1) is 0 Å². The topological polar surface area (TPSA) is 68.5 Å². The number of morpholine rings is 1. The van der Waals surface area contributed by atoms with Crippen LogP contribution in [0.4, 0.5) is 5.69 Å². The largest absolute Gasteiger partial charge is 0.370 e. The normalized spacial score (nSPS) is 15.1. The molecular formula is C19H21N4O2S2+. The first kappa shape index (κ1) is 18.4. The van der Waals surface area contributed by atoms with E-state index in [4.69, 9.17) is 4.74 Å². The molecule has 1 amide bonds. The Balaban J connectivity index is 1.29. The highest BCUT2D eigenvalue weighted by Gasteiger charge is 2.14. The number of quaternary nitrogens is 1. The molecule has 3 heterocycles. The molecule has 4 rings (SSSR count). The van der Waals surface area contributed by atoms with Crippen LogP contribution in [0.3, 0.4) is 0 Å². The summed E-state index contributed by atoms with van der Waals surface area (Å²) in [4.78, 5) is 23.3. The van der Waals surface area contributed by atoms with Crippen LogP contribution in [0.1, 0.15) is 5.56 Å². The quantitative estimate of drug-likeness (QED) is 0.487. The van der Waals surface area contributed by atoms with Crippen LogP contribution in [-0.2, 0) is 16.1 Å². The van der Waals surface area contributed by atoms with Gasteiger partial charge in [0.1, 0.15) is 35.8 Å². The van der Waals surface area contributed by atoms with Crippen LogP contribution in [0.5, 0.6) is 0 Å². The number of thioether (sulfide) groups is 1. The minimum Gasteiger partial charge on any atom is -0.370 e. The number of ether oxygens (including phenoxy) is 1. The molecule has 0 aliphatic carbocycles. The molecule has 2 N–H and O–H groups in total. The number of hydrogen-bond donors (Lipinski definition) is 2. The Morgan fingerprint density at radius 3 is 2.81 bits per heavy atom. The van der Waals surface area contributed by atoms with E-state index in [0.717, 1.165) is 53.8 Å². The number of nitrogens with one attached hydrogen (secondary N) is 2. The van der Waals surface area contributed by atoms with E-state index >= 15 is 0 Å². The molecule has 1 aliphatic rings. The zero-order valence-electron chi connectivity index (χ0n) is 14.8. The first-order valence-electron chi connectivity index (χ1n) is 8.89. The molecule has 1 saturated heterocycles. The van der Waals surface area contributed by atoms with E-state index < -0.39 is 0 Å². The molecule has 6 nitrogen and oxygen atoms in total. The van der Waals surface area contributed by atoms with E-state index in [9.17, 15) is 4.79 Å². The highest BCUT2D eigenvalue weighted by molar-refractivity contribution is 8.00. The lowest BCUT2D eigenvalue weighted by Gasteiger charge is -2.23. The summed E-state index contributed by atoms with van der Waals surface area (Å²) in [5.74, 6) is 0.287. The van der Waals surface area contributed by atoms with Crippen LogP contribution >= 0.6 is 23.1 Å². The van der Waals surface area contributed by atoms with Crippen molar-refractivity contribution in [3.8, 4) is 0 Å². The second-order valence-corrected chi connectivity index (χ2v) is 8.25. The van der Waals surface area contributed by atoms with Crippen LogP contribution in [0.15, 0.2) is 47.1 Å². The highest BCUT2D eigenvalue weighted by Crippen LogP contribution is 2.27. The van der Waals surface area contributed by atoms with Crippen molar-refractivity contribution >= 4 is 44.9 Å². The van der Waals surface area contributed by atoms with E-state index in [-0.39, 0.29) is 5.91 Å². The number of rotatable bonds is 6. The molecule has 1 fully saturated rings. The molecule has 1 aliphatic heterocycles. The minimum atomic E-state index is -0.0338. The first-order chi connectivity index (χ1) is 13.3. The third kappa shape index (κ3) is 4.84. The number of aromatic nitrogens is 2. The van der Waals surface area contributed by atoms with Gasteiger partial charge in [0, 0.05) is 16.6 Å².